The Balaban J connectivity index is 1.41. The second-order valence-corrected chi connectivity index (χ2v) is 8.90. The zero-order valence-electron chi connectivity index (χ0n) is 16.3. The lowest BCUT2D eigenvalue weighted by Gasteiger charge is -2.34. The van der Waals surface area contributed by atoms with Crippen molar-refractivity contribution >= 4 is 17.8 Å². The van der Waals surface area contributed by atoms with Crippen molar-refractivity contribution in [2.45, 2.75) is 89.5 Å². The maximum Gasteiger partial charge on any atom is 0.311 e. The first-order valence-electron chi connectivity index (χ1n) is 10.8. The standard InChI is InChI=1S/C21H34N2O4/c24-18(22-14-21(20(26)27)12-4-1-5-13-21)16-8-10-17(11-9-16)23-19(25)15-6-2-3-7-15/h15-17H,1-14H2,(H,22,24)(H,23,25)(H,26,27). The Bertz CT molecular complexity index is 542. The fraction of sp³-hybridized carbons (Fsp3) is 0.857. The van der Waals surface area contributed by atoms with E-state index in [2.05, 4.69) is 10.6 Å². The largest absolute Gasteiger partial charge is 0.481 e. The normalized spacial score (nSPS) is 28.4. The van der Waals surface area contributed by atoms with E-state index >= 15 is 0 Å². The first kappa shape index (κ1) is 20.2. The molecule has 0 unspecified atom stereocenters. The third-order valence-corrected chi connectivity index (χ3v) is 7.04. The quantitative estimate of drug-likeness (QED) is 0.662. The van der Waals surface area contributed by atoms with Crippen LogP contribution in [-0.4, -0.2) is 35.5 Å². The summed E-state index contributed by atoms with van der Waals surface area (Å²) in [6, 6.07) is 0.186. The predicted octanol–water partition coefficient (Wildman–Crippen LogP) is 3.00. The van der Waals surface area contributed by atoms with Gasteiger partial charge in [-0.2, -0.15) is 0 Å². The van der Waals surface area contributed by atoms with Crippen LogP contribution in [0.3, 0.4) is 0 Å². The second-order valence-electron chi connectivity index (χ2n) is 8.90. The smallest absolute Gasteiger partial charge is 0.311 e. The van der Waals surface area contributed by atoms with Crippen molar-refractivity contribution in [1.82, 2.24) is 10.6 Å². The van der Waals surface area contributed by atoms with E-state index in [4.69, 9.17) is 0 Å². The van der Waals surface area contributed by atoms with Crippen molar-refractivity contribution in [2.75, 3.05) is 6.54 Å². The van der Waals surface area contributed by atoms with Gasteiger partial charge in [-0.3, -0.25) is 14.4 Å². The molecule has 0 bridgehead atoms. The third kappa shape index (κ3) is 5.02. The van der Waals surface area contributed by atoms with Crippen molar-refractivity contribution in [3.8, 4) is 0 Å². The molecule has 0 aromatic heterocycles. The minimum absolute atomic E-state index is 0.0123. The molecule has 152 valence electrons. The molecule has 0 atom stereocenters. The fourth-order valence-corrected chi connectivity index (χ4v) is 5.10. The molecule has 27 heavy (non-hydrogen) atoms. The van der Waals surface area contributed by atoms with Crippen molar-refractivity contribution in [1.29, 1.82) is 0 Å². The van der Waals surface area contributed by atoms with Gasteiger partial charge in [0.05, 0.1) is 5.41 Å². The van der Waals surface area contributed by atoms with Crippen LogP contribution >= 0.6 is 0 Å². The molecule has 2 amide bonds. The second kappa shape index (κ2) is 9.07. The first-order chi connectivity index (χ1) is 13.0. The van der Waals surface area contributed by atoms with Gasteiger partial charge >= 0.3 is 5.97 Å². The molecule has 3 aliphatic rings. The number of hydrogen-bond acceptors (Lipinski definition) is 3. The van der Waals surface area contributed by atoms with E-state index in [0.717, 1.165) is 70.6 Å². The van der Waals surface area contributed by atoms with Crippen LogP contribution in [0.1, 0.15) is 83.5 Å². The maximum absolute atomic E-state index is 12.6. The molecular weight excluding hydrogens is 344 g/mol. The number of amides is 2. The van der Waals surface area contributed by atoms with Crippen LogP contribution in [0.2, 0.25) is 0 Å². The van der Waals surface area contributed by atoms with Crippen molar-refractivity contribution < 1.29 is 19.5 Å². The number of nitrogens with one attached hydrogen (secondary N) is 2. The van der Waals surface area contributed by atoms with Crippen LogP contribution < -0.4 is 10.6 Å². The average Bonchev–Trinajstić information content (AvgIpc) is 3.22. The van der Waals surface area contributed by atoms with E-state index in [-0.39, 0.29) is 36.2 Å². The molecule has 0 aromatic carbocycles. The minimum Gasteiger partial charge on any atom is -0.481 e. The molecule has 3 aliphatic carbocycles. The summed E-state index contributed by atoms with van der Waals surface area (Å²) in [5.41, 5.74) is -0.777. The molecule has 3 saturated carbocycles. The van der Waals surface area contributed by atoms with Gasteiger partial charge in [-0.05, 0) is 51.4 Å². The van der Waals surface area contributed by atoms with Gasteiger partial charge in [0.25, 0.3) is 0 Å². The number of carbonyl (C=O) groups excluding carboxylic acids is 2. The number of carboxylic acids is 1. The SMILES string of the molecule is O=C(NCC1(C(=O)O)CCCCC1)C1CCC(NC(=O)C2CCCC2)CC1. The van der Waals surface area contributed by atoms with Crippen molar-refractivity contribution in [3.05, 3.63) is 0 Å². The van der Waals surface area contributed by atoms with Gasteiger partial charge in [0.15, 0.2) is 0 Å². The summed E-state index contributed by atoms with van der Waals surface area (Å²) in [4.78, 5) is 36.5. The Morgan fingerprint density at radius 2 is 1.37 bits per heavy atom. The summed E-state index contributed by atoms with van der Waals surface area (Å²) < 4.78 is 0. The summed E-state index contributed by atoms with van der Waals surface area (Å²) in [5.74, 6) is -0.462. The molecule has 0 aliphatic heterocycles. The van der Waals surface area contributed by atoms with Gasteiger partial charge in [-0.15, -0.1) is 0 Å². The third-order valence-electron chi connectivity index (χ3n) is 7.04. The lowest BCUT2D eigenvalue weighted by molar-refractivity contribution is -0.151. The van der Waals surface area contributed by atoms with Gasteiger partial charge in [0.2, 0.25) is 11.8 Å². The van der Waals surface area contributed by atoms with E-state index in [1.807, 2.05) is 0 Å². The van der Waals surface area contributed by atoms with Gasteiger partial charge in [-0.25, -0.2) is 0 Å². The van der Waals surface area contributed by atoms with Gasteiger partial charge < -0.3 is 15.7 Å². The molecule has 3 rings (SSSR count). The Kier molecular flexibility index (Phi) is 6.77. The number of carboxylic acid groups (broad SMARTS) is 1. The summed E-state index contributed by atoms with van der Waals surface area (Å²) >= 11 is 0. The van der Waals surface area contributed by atoms with E-state index in [9.17, 15) is 19.5 Å². The summed E-state index contributed by atoms with van der Waals surface area (Å²) in [7, 11) is 0. The van der Waals surface area contributed by atoms with Crippen LogP contribution in [0.25, 0.3) is 0 Å². The number of aliphatic carboxylic acids is 1. The lowest BCUT2D eigenvalue weighted by atomic mass is 9.74. The molecule has 0 spiro atoms. The number of hydrogen-bond donors (Lipinski definition) is 3. The van der Waals surface area contributed by atoms with Crippen LogP contribution in [0.5, 0.6) is 0 Å². The minimum atomic E-state index is -0.777. The van der Waals surface area contributed by atoms with E-state index in [1.54, 1.807) is 0 Å². The Morgan fingerprint density at radius 3 is 1.96 bits per heavy atom. The summed E-state index contributed by atoms with van der Waals surface area (Å²) in [6.45, 7) is 0.250. The molecular formula is C21H34N2O4. The topological polar surface area (TPSA) is 95.5 Å². The lowest BCUT2D eigenvalue weighted by Crippen LogP contribution is -2.47. The Labute approximate surface area is 161 Å². The highest BCUT2D eigenvalue weighted by molar-refractivity contribution is 5.81. The van der Waals surface area contributed by atoms with Crippen LogP contribution in [0.4, 0.5) is 0 Å². The average molecular weight is 379 g/mol. The Morgan fingerprint density at radius 1 is 0.778 bits per heavy atom. The van der Waals surface area contributed by atoms with Crippen LogP contribution in [0.15, 0.2) is 0 Å². The van der Waals surface area contributed by atoms with E-state index < -0.39 is 11.4 Å². The van der Waals surface area contributed by atoms with Crippen LogP contribution in [-0.2, 0) is 14.4 Å². The maximum atomic E-state index is 12.6. The van der Waals surface area contributed by atoms with Crippen molar-refractivity contribution in [3.63, 3.8) is 0 Å². The molecule has 0 saturated heterocycles. The highest BCUT2D eigenvalue weighted by Crippen LogP contribution is 2.36. The fourth-order valence-electron chi connectivity index (χ4n) is 5.10. The Hall–Kier alpha value is -1.59. The van der Waals surface area contributed by atoms with Gasteiger partial charge in [0, 0.05) is 24.4 Å². The van der Waals surface area contributed by atoms with E-state index in [0.29, 0.717) is 12.8 Å². The molecule has 6 nitrogen and oxygen atoms in total. The molecule has 6 heteroatoms. The monoisotopic (exact) mass is 378 g/mol. The first-order valence-corrected chi connectivity index (χ1v) is 10.8. The zero-order chi connectivity index (χ0) is 19.3. The molecule has 0 heterocycles. The highest BCUT2D eigenvalue weighted by atomic mass is 16.4. The molecule has 0 aromatic rings. The van der Waals surface area contributed by atoms with E-state index in [1.165, 1.54) is 0 Å². The van der Waals surface area contributed by atoms with Crippen LogP contribution in [0, 0.1) is 17.3 Å². The molecule has 0 radical (unpaired) electrons. The van der Waals surface area contributed by atoms with Crippen molar-refractivity contribution in [2.24, 2.45) is 17.3 Å². The highest BCUT2D eigenvalue weighted by Gasteiger charge is 2.40. The number of carbonyl (C=O) groups is 3. The number of rotatable bonds is 6. The van der Waals surface area contributed by atoms with Gasteiger partial charge in [0.1, 0.15) is 0 Å². The molecule has 3 N–H and O–H groups in total. The summed E-state index contributed by atoms with van der Waals surface area (Å²) in [5, 5.41) is 15.7. The summed E-state index contributed by atoms with van der Waals surface area (Å²) in [6.07, 6.45) is 11.8. The zero-order valence-corrected chi connectivity index (χ0v) is 16.3. The molecule has 3 fully saturated rings. The van der Waals surface area contributed by atoms with Gasteiger partial charge in [-0.1, -0.05) is 32.1 Å². The predicted molar refractivity (Wildman–Crippen MR) is 102 cm³/mol.